The zero-order valence-electron chi connectivity index (χ0n) is 30.8. The number of phenols is 1. The minimum Gasteiger partial charge on any atom is -0.507 e. The van der Waals surface area contributed by atoms with Crippen LogP contribution in [0.4, 0.5) is 17.2 Å². The second-order valence-corrected chi connectivity index (χ2v) is 14.5. The largest absolute Gasteiger partial charge is 0.507 e. The van der Waals surface area contributed by atoms with E-state index >= 15 is 0 Å². The number of fused-ring (bicyclic) bond motifs is 1. The number of imide groups is 1. The minimum absolute atomic E-state index is 0.00525. The molecule has 0 spiro atoms. The summed E-state index contributed by atoms with van der Waals surface area (Å²) in [4.78, 5) is 58.4. The molecule has 1 atom stereocenters. The summed E-state index contributed by atoms with van der Waals surface area (Å²) >= 11 is 0. The van der Waals surface area contributed by atoms with E-state index in [0.29, 0.717) is 55.3 Å². The minimum atomic E-state index is -0.685. The highest BCUT2D eigenvalue weighted by Gasteiger charge is 2.41. The topological polar surface area (TPSA) is 216 Å². The second kappa shape index (κ2) is 15.6. The van der Waals surface area contributed by atoms with Gasteiger partial charge in [0.2, 0.25) is 11.8 Å². The van der Waals surface area contributed by atoms with Gasteiger partial charge in [0.25, 0.3) is 5.91 Å². The van der Waals surface area contributed by atoms with E-state index in [1.807, 2.05) is 17.0 Å². The van der Waals surface area contributed by atoms with E-state index in [9.17, 15) is 24.3 Å². The lowest BCUT2D eigenvalue weighted by molar-refractivity contribution is -0.161. The molecule has 3 aliphatic heterocycles. The van der Waals surface area contributed by atoms with Crippen molar-refractivity contribution in [3.63, 3.8) is 0 Å². The number of carbonyl (C=O) groups excluding carboxylic acids is 4. The summed E-state index contributed by atoms with van der Waals surface area (Å²) in [6.45, 7) is 1.65. The number of para-hydroxylation sites is 2. The molecule has 2 aromatic heterocycles. The summed E-state index contributed by atoms with van der Waals surface area (Å²) in [7, 11) is 0. The Balaban J connectivity index is 0.893. The van der Waals surface area contributed by atoms with Gasteiger partial charge in [0, 0.05) is 31.1 Å². The van der Waals surface area contributed by atoms with E-state index in [1.165, 1.54) is 0 Å². The molecule has 0 bridgehead atoms. The Labute approximate surface area is 322 Å². The van der Waals surface area contributed by atoms with Crippen LogP contribution in [0.15, 0.2) is 60.9 Å². The monoisotopic (exact) mass is 764 g/mol. The van der Waals surface area contributed by atoms with Gasteiger partial charge in [-0.15, -0.1) is 10.2 Å². The number of piperidine rings is 1. The number of carbonyl (C=O) groups is 4. The molecule has 2 aromatic carbocycles. The van der Waals surface area contributed by atoms with Crippen LogP contribution in [0.1, 0.15) is 50.0 Å². The fourth-order valence-electron chi connectivity index (χ4n) is 8.39. The van der Waals surface area contributed by atoms with Crippen molar-refractivity contribution in [3.05, 3.63) is 66.5 Å². The number of nitrogens with two attached hydrogens (primary N) is 2. The molecule has 2 saturated heterocycles. The number of hydrogen-bond acceptors (Lipinski definition) is 14. The van der Waals surface area contributed by atoms with Crippen LogP contribution in [0.25, 0.3) is 16.9 Å². The Bertz CT molecular complexity index is 2150. The van der Waals surface area contributed by atoms with Crippen molar-refractivity contribution in [2.45, 2.75) is 56.5 Å². The number of nitrogen functional groups attached to an aromatic ring is 1. The molecule has 4 aromatic rings. The summed E-state index contributed by atoms with van der Waals surface area (Å²) < 4.78 is 12.9. The maximum Gasteiger partial charge on any atom is 0.321 e. The van der Waals surface area contributed by atoms with E-state index in [0.717, 1.165) is 54.1 Å². The van der Waals surface area contributed by atoms with Gasteiger partial charge in [0.1, 0.15) is 29.8 Å². The van der Waals surface area contributed by atoms with Crippen LogP contribution in [0.2, 0.25) is 0 Å². The van der Waals surface area contributed by atoms with Gasteiger partial charge in [-0.2, -0.15) is 5.10 Å². The molecule has 4 aliphatic rings. The van der Waals surface area contributed by atoms with Crippen LogP contribution in [0.3, 0.4) is 0 Å². The third kappa shape index (κ3) is 7.10. The molecule has 0 radical (unpaired) electrons. The Hall–Kier alpha value is -6.07. The number of esters is 1. The lowest BCUT2D eigenvalue weighted by Gasteiger charge is -2.43. The Morgan fingerprint density at radius 3 is 2.55 bits per heavy atom. The average molecular weight is 765 g/mol. The molecule has 3 fully saturated rings. The first kappa shape index (κ1) is 36.9. The summed E-state index contributed by atoms with van der Waals surface area (Å²) in [5, 5.41) is 23.0. The molecule has 17 heteroatoms. The Morgan fingerprint density at radius 1 is 0.946 bits per heavy atom. The normalized spacial score (nSPS) is 21.8. The van der Waals surface area contributed by atoms with Crippen molar-refractivity contribution in [1.82, 2.24) is 29.8 Å². The lowest BCUT2D eigenvalue weighted by Crippen LogP contribution is -2.57. The van der Waals surface area contributed by atoms with E-state index in [4.69, 9.17) is 20.9 Å². The van der Waals surface area contributed by atoms with Gasteiger partial charge in [0.15, 0.2) is 12.5 Å². The summed E-state index contributed by atoms with van der Waals surface area (Å²) in [6, 6.07) is 14.3. The zero-order valence-corrected chi connectivity index (χ0v) is 30.8. The molecule has 17 nitrogen and oxygen atoms in total. The van der Waals surface area contributed by atoms with Crippen molar-refractivity contribution in [1.29, 1.82) is 0 Å². The highest BCUT2D eigenvalue weighted by atomic mass is 16.5. The summed E-state index contributed by atoms with van der Waals surface area (Å²) in [5.41, 5.74) is 15.5. The predicted molar refractivity (Wildman–Crippen MR) is 204 cm³/mol. The third-order valence-electron chi connectivity index (χ3n) is 11.3. The molecular weight excluding hydrogens is 720 g/mol. The van der Waals surface area contributed by atoms with Crippen LogP contribution in [0.5, 0.6) is 11.5 Å². The van der Waals surface area contributed by atoms with Crippen molar-refractivity contribution < 1.29 is 33.8 Å². The molecule has 1 saturated carbocycles. The van der Waals surface area contributed by atoms with E-state index in [1.54, 1.807) is 52.3 Å². The summed E-state index contributed by atoms with van der Waals surface area (Å²) in [5.74, 6) is -0.201. The van der Waals surface area contributed by atoms with E-state index in [2.05, 4.69) is 26.3 Å². The lowest BCUT2D eigenvalue weighted by atomic mass is 9.80. The highest BCUT2D eigenvalue weighted by Crippen LogP contribution is 2.45. The number of aromatic hydroxyl groups is 1. The first-order chi connectivity index (χ1) is 27.2. The number of hydrogen-bond donors (Lipinski definition) is 3. The molecule has 56 heavy (non-hydrogen) atoms. The Morgan fingerprint density at radius 2 is 1.77 bits per heavy atom. The highest BCUT2D eigenvalue weighted by molar-refractivity contribution is 6.02. The number of phenolic OH excluding ortho intramolecular Hbond substituents is 1. The standard InChI is InChI=1S/C39H44N10O7/c40-19-36(53)56-23-48-34(51)13-12-31(39(48)54)47-16-17-55-37-27(5-3-6-30(37)47)24-8-10-25(11-9-24)45-14-15-46(35(52)22-45)26-20-42-49(21-26)32-18-29(43-44-38(32)41)28-4-1-2-7-33(28)50/h1-7,18,20-21,24-25,31,50H,8-17,19,22-23,40H2,(H2,41,44). The molecule has 1 unspecified atom stereocenters. The molecule has 8 rings (SSSR count). The maximum absolute atomic E-state index is 13.6. The number of likely N-dealkylation sites (tertiary alicyclic amines) is 1. The number of rotatable bonds is 9. The molecule has 5 heterocycles. The maximum atomic E-state index is 13.6. The molecule has 3 amide bonds. The van der Waals surface area contributed by atoms with Crippen LogP contribution in [-0.2, 0) is 23.9 Å². The number of amides is 3. The predicted octanol–water partition coefficient (Wildman–Crippen LogP) is 2.17. The molecule has 292 valence electrons. The number of aromatic nitrogens is 4. The van der Waals surface area contributed by atoms with Crippen molar-refractivity contribution in [2.75, 3.05) is 61.6 Å². The van der Waals surface area contributed by atoms with E-state index in [-0.39, 0.29) is 48.3 Å². The van der Waals surface area contributed by atoms with Crippen LogP contribution in [-0.4, -0.2) is 117 Å². The van der Waals surface area contributed by atoms with Crippen LogP contribution < -0.4 is 26.0 Å². The van der Waals surface area contributed by atoms with Gasteiger partial charge >= 0.3 is 5.97 Å². The quantitative estimate of drug-likeness (QED) is 0.165. The number of anilines is 3. The molecular formula is C39H44N10O7. The fourth-order valence-corrected chi connectivity index (χ4v) is 8.39. The number of benzene rings is 2. The van der Waals surface area contributed by atoms with E-state index < -0.39 is 24.6 Å². The van der Waals surface area contributed by atoms with Crippen molar-refractivity contribution in [3.8, 4) is 28.4 Å². The SMILES string of the molecule is NCC(=O)OCN1C(=O)CCC(N2CCOc3c(C4CCC(N5CCN(c6cnn(-c7cc(-c8ccccc8O)nnc7N)c6)C(=O)C5)CC4)cccc32)C1=O. The fraction of sp³-hybridized carbons (Fsp3) is 0.410. The number of piperazine rings is 1. The molecule has 5 N–H and O–H groups in total. The Kier molecular flexibility index (Phi) is 10.3. The van der Waals surface area contributed by atoms with Crippen molar-refractivity contribution >= 4 is 40.9 Å². The number of nitrogens with zero attached hydrogens (tertiary/aromatic N) is 8. The average Bonchev–Trinajstić information content (AvgIpc) is 3.71. The summed E-state index contributed by atoms with van der Waals surface area (Å²) in [6.07, 6.45) is 7.62. The first-order valence-corrected chi connectivity index (χ1v) is 18.9. The second-order valence-electron chi connectivity index (χ2n) is 14.5. The zero-order chi connectivity index (χ0) is 38.9. The van der Waals surface area contributed by atoms with Gasteiger partial charge in [-0.05, 0) is 67.9 Å². The van der Waals surface area contributed by atoms with Gasteiger partial charge < -0.3 is 35.8 Å². The van der Waals surface area contributed by atoms with Gasteiger partial charge in [-0.1, -0.05) is 24.3 Å². The van der Waals surface area contributed by atoms with Gasteiger partial charge in [-0.3, -0.25) is 24.1 Å². The smallest absolute Gasteiger partial charge is 0.321 e. The van der Waals surface area contributed by atoms with Gasteiger partial charge in [0.05, 0.1) is 49.1 Å². The first-order valence-electron chi connectivity index (χ1n) is 18.9. The van der Waals surface area contributed by atoms with Crippen LogP contribution >= 0.6 is 0 Å². The third-order valence-corrected chi connectivity index (χ3v) is 11.3. The van der Waals surface area contributed by atoms with Crippen molar-refractivity contribution in [2.24, 2.45) is 5.73 Å². The van der Waals surface area contributed by atoms with Crippen LogP contribution in [0, 0.1) is 0 Å². The molecule has 1 aliphatic carbocycles. The number of ether oxygens (including phenoxy) is 2. The van der Waals surface area contributed by atoms with Gasteiger partial charge in [-0.25, -0.2) is 9.58 Å².